The van der Waals surface area contributed by atoms with Gasteiger partial charge in [-0.05, 0) is 37.5 Å². The first-order chi connectivity index (χ1) is 11.9. The molecule has 0 radical (unpaired) electrons. The van der Waals surface area contributed by atoms with Crippen LogP contribution in [-0.2, 0) is 25.5 Å². The number of ether oxygens (including phenoxy) is 1. The zero-order valence-corrected chi connectivity index (χ0v) is 15.2. The number of anilines is 1. The van der Waals surface area contributed by atoms with Crippen LogP contribution in [0.2, 0.25) is 0 Å². The van der Waals surface area contributed by atoms with Gasteiger partial charge in [-0.3, -0.25) is 14.4 Å². The molecule has 0 saturated carbocycles. The molecule has 1 heterocycles. The molecule has 2 amide bonds. The SMILES string of the molecule is CCOC(=O)C1CCN(C(=O)Cc2ccc(N(C)C(C)=O)cc2)CC1. The number of likely N-dealkylation sites (tertiary alicyclic amines) is 1. The highest BCUT2D eigenvalue weighted by atomic mass is 16.5. The molecule has 1 aromatic carbocycles. The van der Waals surface area contributed by atoms with Crippen molar-refractivity contribution in [3.05, 3.63) is 29.8 Å². The van der Waals surface area contributed by atoms with E-state index in [4.69, 9.17) is 4.74 Å². The number of esters is 1. The Morgan fingerprint density at radius 3 is 2.28 bits per heavy atom. The summed E-state index contributed by atoms with van der Waals surface area (Å²) in [6.07, 6.45) is 1.65. The smallest absolute Gasteiger partial charge is 0.309 e. The molecule has 1 saturated heterocycles. The van der Waals surface area contributed by atoms with E-state index in [9.17, 15) is 14.4 Å². The van der Waals surface area contributed by atoms with E-state index in [-0.39, 0.29) is 23.7 Å². The summed E-state index contributed by atoms with van der Waals surface area (Å²) in [7, 11) is 1.72. The fourth-order valence-corrected chi connectivity index (χ4v) is 2.93. The van der Waals surface area contributed by atoms with Crippen LogP contribution in [0.4, 0.5) is 5.69 Å². The molecule has 0 aliphatic carbocycles. The first kappa shape index (κ1) is 19.0. The molecular formula is C19H26N2O4. The van der Waals surface area contributed by atoms with Crippen molar-refractivity contribution in [3.63, 3.8) is 0 Å². The number of hydrogen-bond acceptors (Lipinski definition) is 4. The van der Waals surface area contributed by atoms with Gasteiger partial charge < -0.3 is 14.5 Å². The van der Waals surface area contributed by atoms with Gasteiger partial charge in [-0.1, -0.05) is 12.1 Å². The molecule has 1 aromatic rings. The van der Waals surface area contributed by atoms with Crippen LogP contribution in [0.25, 0.3) is 0 Å². The van der Waals surface area contributed by atoms with Crippen molar-refractivity contribution in [2.24, 2.45) is 5.92 Å². The second-order valence-electron chi connectivity index (χ2n) is 6.33. The Bertz CT molecular complexity index is 619. The van der Waals surface area contributed by atoms with Gasteiger partial charge in [0, 0.05) is 32.7 Å². The summed E-state index contributed by atoms with van der Waals surface area (Å²) in [6, 6.07) is 7.43. The molecule has 0 atom stereocenters. The summed E-state index contributed by atoms with van der Waals surface area (Å²) in [6.45, 7) is 4.89. The Labute approximate surface area is 148 Å². The summed E-state index contributed by atoms with van der Waals surface area (Å²) in [5, 5.41) is 0. The molecular weight excluding hydrogens is 320 g/mol. The molecule has 1 aliphatic rings. The van der Waals surface area contributed by atoms with Crippen LogP contribution in [-0.4, -0.2) is 49.4 Å². The normalized spacial score (nSPS) is 14.9. The highest BCUT2D eigenvalue weighted by Gasteiger charge is 2.28. The minimum Gasteiger partial charge on any atom is -0.466 e. The van der Waals surface area contributed by atoms with E-state index in [1.54, 1.807) is 18.9 Å². The lowest BCUT2D eigenvalue weighted by molar-refractivity contribution is -0.151. The Hall–Kier alpha value is -2.37. The van der Waals surface area contributed by atoms with Crippen molar-refractivity contribution in [1.29, 1.82) is 0 Å². The maximum Gasteiger partial charge on any atom is 0.309 e. The Balaban J connectivity index is 1.86. The maximum atomic E-state index is 12.4. The van der Waals surface area contributed by atoms with E-state index in [0.717, 1.165) is 11.3 Å². The maximum absolute atomic E-state index is 12.4. The molecule has 0 unspecified atom stereocenters. The standard InChI is InChI=1S/C19H26N2O4/c1-4-25-19(24)16-9-11-21(12-10-16)18(23)13-15-5-7-17(8-6-15)20(3)14(2)22/h5-8,16H,4,9-13H2,1-3H3. The number of rotatable bonds is 5. The van der Waals surface area contributed by atoms with E-state index in [1.165, 1.54) is 6.92 Å². The van der Waals surface area contributed by atoms with Gasteiger partial charge in [0.05, 0.1) is 18.9 Å². The van der Waals surface area contributed by atoms with E-state index < -0.39 is 0 Å². The van der Waals surface area contributed by atoms with Gasteiger partial charge >= 0.3 is 5.97 Å². The molecule has 25 heavy (non-hydrogen) atoms. The zero-order chi connectivity index (χ0) is 18.4. The quantitative estimate of drug-likeness (QED) is 0.765. The highest BCUT2D eigenvalue weighted by Crippen LogP contribution is 2.20. The van der Waals surface area contributed by atoms with E-state index in [1.807, 2.05) is 29.2 Å². The van der Waals surface area contributed by atoms with Gasteiger partial charge in [0.15, 0.2) is 0 Å². The Morgan fingerprint density at radius 2 is 1.76 bits per heavy atom. The Kier molecular flexibility index (Phi) is 6.56. The third-order valence-corrected chi connectivity index (χ3v) is 4.62. The molecule has 136 valence electrons. The number of carbonyl (C=O) groups is 3. The molecule has 0 N–H and O–H groups in total. The molecule has 6 nitrogen and oxygen atoms in total. The predicted octanol–water partition coefficient (Wildman–Crippen LogP) is 2.01. The van der Waals surface area contributed by atoms with Crippen molar-refractivity contribution in [2.75, 3.05) is 31.6 Å². The van der Waals surface area contributed by atoms with Crippen molar-refractivity contribution in [1.82, 2.24) is 4.90 Å². The molecule has 1 aliphatic heterocycles. The van der Waals surface area contributed by atoms with Crippen molar-refractivity contribution in [3.8, 4) is 0 Å². The summed E-state index contributed by atoms with van der Waals surface area (Å²) in [5.74, 6) is -0.214. The molecule has 2 rings (SSSR count). The fourth-order valence-electron chi connectivity index (χ4n) is 2.93. The lowest BCUT2D eigenvalue weighted by atomic mass is 9.96. The number of benzene rings is 1. The molecule has 0 bridgehead atoms. The second-order valence-corrected chi connectivity index (χ2v) is 6.33. The van der Waals surface area contributed by atoms with Gasteiger partial charge in [0.25, 0.3) is 0 Å². The van der Waals surface area contributed by atoms with E-state index in [2.05, 4.69) is 0 Å². The van der Waals surface area contributed by atoms with Gasteiger partial charge in [-0.25, -0.2) is 0 Å². The van der Waals surface area contributed by atoms with Crippen LogP contribution in [0.1, 0.15) is 32.3 Å². The van der Waals surface area contributed by atoms with E-state index >= 15 is 0 Å². The first-order valence-electron chi connectivity index (χ1n) is 8.70. The molecule has 0 spiro atoms. The third-order valence-electron chi connectivity index (χ3n) is 4.62. The Morgan fingerprint density at radius 1 is 1.16 bits per heavy atom. The lowest BCUT2D eigenvalue weighted by Crippen LogP contribution is -2.41. The average molecular weight is 346 g/mol. The molecule has 0 aromatic heterocycles. The van der Waals surface area contributed by atoms with Crippen LogP contribution in [0.15, 0.2) is 24.3 Å². The second kappa shape index (κ2) is 8.65. The summed E-state index contributed by atoms with van der Waals surface area (Å²) >= 11 is 0. The number of piperidine rings is 1. The molecule has 1 fully saturated rings. The minimum atomic E-state index is -0.153. The summed E-state index contributed by atoms with van der Waals surface area (Å²) < 4.78 is 5.05. The third kappa shape index (κ3) is 5.05. The van der Waals surface area contributed by atoms with Gasteiger partial charge in [0.1, 0.15) is 0 Å². The first-order valence-corrected chi connectivity index (χ1v) is 8.70. The van der Waals surface area contributed by atoms with E-state index in [0.29, 0.717) is 39.0 Å². The number of nitrogens with zero attached hydrogens (tertiary/aromatic N) is 2. The predicted molar refractivity (Wildman–Crippen MR) is 95.2 cm³/mol. The lowest BCUT2D eigenvalue weighted by Gasteiger charge is -2.31. The summed E-state index contributed by atoms with van der Waals surface area (Å²) in [5.41, 5.74) is 1.72. The number of hydrogen-bond donors (Lipinski definition) is 0. The van der Waals surface area contributed by atoms with Gasteiger partial charge in [0.2, 0.25) is 11.8 Å². The fraction of sp³-hybridized carbons (Fsp3) is 0.526. The van der Waals surface area contributed by atoms with Gasteiger partial charge in [-0.2, -0.15) is 0 Å². The largest absolute Gasteiger partial charge is 0.466 e. The van der Waals surface area contributed by atoms with Crippen LogP contribution < -0.4 is 4.90 Å². The van der Waals surface area contributed by atoms with Crippen molar-refractivity contribution >= 4 is 23.5 Å². The van der Waals surface area contributed by atoms with Crippen LogP contribution >= 0.6 is 0 Å². The van der Waals surface area contributed by atoms with Gasteiger partial charge in [-0.15, -0.1) is 0 Å². The zero-order valence-electron chi connectivity index (χ0n) is 15.2. The van der Waals surface area contributed by atoms with Crippen LogP contribution in [0.5, 0.6) is 0 Å². The number of amides is 2. The van der Waals surface area contributed by atoms with Crippen molar-refractivity contribution in [2.45, 2.75) is 33.1 Å². The topological polar surface area (TPSA) is 66.9 Å². The number of carbonyl (C=O) groups excluding carboxylic acids is 3. The van der Waals surface area contributed by atoms with Crippen molar-refractivity contribution < 1.29 is 19.1 Å². The monoisotopic (exact) mass is 346 g/mol. The van der Waals surface area contributed by atoms with Crippen LogP contribution in [0.3, 0.4) is 0 Å². The minimum absolute atomic E-state index is 0.0340. The van der Waals surface area contributed by atoms with Crippen LogP contribution in [0, 0.1) is 5.92 Å². The molecule has 6 heteroatoms. The summed E-state index contributed by atoms with van der Waals surface area (Å²) in [4.78, 5) is 38.9. The average Bonchev–Trinajstić information content (AvgIpc) is 2.62. The highest BCUT2D eigenvalue weighted by molar-refractivity contribution is 5.90.